The van der Waals surface area contributed by atoms with Crippen LogP contribution in [-0.2, 0) is 16.0 Å². The van der Waals surface area contributed by atoms with Gasteiger partial charge in [0, 0.05) is 17.8 Å². The first-order valence-electron chi connectivity index (χ1n) is 4.16. The molecule has 0 aromatic carbocycles. The lowest BCUT2D eigenvalue weighted by molar-refractivity contribution is -0.142. The van der Waals surface area contributed by atoms with E-state index in [9.17, 15) is 14.0 Å². The number of hydrogen-bond acceptors (Lipinski definition) is 3. The number of halogens is 1. The lowest BCUT2D eigenvalue weighted by Crippen LogP contribution is -2.12. The first kappa shape index (κ1) is 10.4. The van der Waals surface area contributed by atoms with Crippen molar-refractivity contribution in [2.45, 2.75) is 13.3 Å². The first-order valence-corrected chi connectivity index (χ1v) is 4.16. The molecule has 0 amide bonds. The van der Waals surface area contributed by atoms with E-state index in [0.717, 1.165) is 6.07 Å². The minimum atomic E-state index is -0.753. The zero-order chi connectivity index (χ0) is 10.6. The summed E-state index contributed by atoms with van der Waals surface area (Å²) in [5.41, 5.74) is -0.256. The number of esters is 1. The molecule has 0 aliphatic carbocycles. The second-order valence-electron chi connectivity index (χ2n) is 2.67. The number of carbonyl (C=O) groups excluding carboxylic acids is 1. The van der Waals surface area contributed by atoms with Crippen molar-refractivity contribution in [2.75, 3.05) is 6.61 Å². The Morgan fingerprint density at radius 2 is 2.29 bits per heavy atom. The zero-order valence-corrected chi connectivity index (χ0v) is 7.67. The van der Waals surface area contributed by atoms with E-state index in [1.54, 1.807) is 6.92 Å². The molecule has 0 spiro atoms. The molecular weight excluding hydrogens is 189 g/mol. The minimum Gasteiger partial charge on any atom is -0.466 e. The van der Waals surface area contributed by atoms with E-state index in [1.807, 2.05) is 0 Å². The van der Waals surface area contributed by atoms with Crippen molar-refractivity contribution in [1.82, 2.24) is 4.98 Å². The van der Waals surface area contributed by atoms with Gasteiger partial charge in [-0.05, 0) is 6.92 Å². The van der Waals surface area contributed by atoms with E-state index in [4.69, 9.17) is 0 Å². The predicted octanol–water partition coefficient (Wildman–Crippen LogP) is 0.620. The highest BCUT2D eigenvalue weighted by molar-refractivity contribution is 5.71. The molecule has 0 unspecified atom stereocenters. The maximum Gasteiger partial charge on any atom is 0.311 e. The molecule has 0 fully saturated rings. The summed E-state index contributed by atoms with van der Waals surface area (Å²) in [6, 6.07) is 1.98. The fraction of sp³-hybridized carbons (Fsp3) is 0.333. The number of pyridine rings is 1. The van der Waals surface area contributed by atoms with Crippen LogP contribution < -0.4 is 5.43 Å². The van der Waals surface area contributed by atoms with E-state index in [0.29, 0.717) is 0 Å². The highest BCUT2D eigenvalue weighted by Crippen LogP contribution is 1.96. The first-order chi connectivity index (χ1) is 6.61. The standard InChI is InChI=1S/C9H10FNO3/c1-2-14-9(13)4-6-3-7(12)5-8(10)11-6/h3,5H,2,4H2,1H3,(H,11,12). The Labute approximate surface area is 79.7 Å². The molecule has 1 aromatic heterocycles. The van der Waals surface area contributed by atoms with Crippen LogP contribution in [0.1, 0.15) is 12.6 Å². The Hall–Kier alpha value is -1.65. The third-order valence-corrected chi connectivity index (χ3v) is 1.51. The quantitative estimate of drug-likeness (QED) is 0.573. The molecule has 0 saturated carbocycles. The van der Waals surface area contributed by atoms with Gasteiger partial charge in [0.1, 0.15) is 0 Å². The third kappa shape index (κ3) is 3.01. The number of hydrogen-bond donors (Lipinski definition) is 1. The Morgan fingerprint density at radius 3 is 2.86 bits per heavy atom. The average Bonchev–Trinajstić information content (AvgIpc) is 2.01. The van der Waals surface area contributed by atoms with Crippen molar-refractivity contribution in [1.29, 1.82) is 0 Å². The number of rotatable bonds is 3. The van der Waals surface area contributed by atoms with Crippen molar-refractivity contribution < 1.29 is 13.9 Å². The van der Waals surface area contributed by atoms with Crippen LogP contribution in [0.3, 0.4) is 0 Å². The van der Waals surface area contributed by atoms with Crippen molar-refractivity contribution in [3.8, 4) is 0 Å². The van der Waals surface area contributed by atoms with Gasteiger partial charge in [-0.15, -0.1) is 0 Å². The van der Waals surface area contributed by atoms with Crippen molar-refractivity contribution in [3.63, 3.8) is 0 Å². The second-order valence-corrected chi connectivity index (χ2v) is 2.67. The van der Waals surface area contributed by atoms with Crippen LogP contribution in [0.15, 0.2) is 16.9 Å². The summed E-state index contributed by atoms with van der Waals surface area (Å²) in [4.78, 5) is 24.1. The van der Waals surface area contributed by atoms with Crippen molar-refractivity contribution in [2.24, 2.45) is 0 Å². The van der Waals surface area contributed by atoms with Crippen molar-refractivity contribution in [3.05, 3.63) is 34.0 Å². The number of nitrogens with one attached hydrogen (secondary N) is 1. The maximum absolute atomic E-state index is 12.7. The van der Waals surface area contributed by atoms with E-state index in [1.165, 1.54) is 6.07 Å². The van der Waals surface area contributed by atoms with E-state index in [-0.39, 0.29) is 18.7 Å². The molecule has 76 valence electrons. The van der Waals surface area contributed by atoms with Gasteiger partial charge in [0.25, 0.3) is 0 Å². The Kier molecular flexibility index (Phi) is 3.39. The molecule has 14 heavy (non-hydrogen) atoms. The molecule has 0 atom stereocenters. The SMILES string of the molecule is CCOC(=O)Cc1cc(=O)cc(F)[nH]1. The number of aromatic amines is 1. The van der Waals surface area contributed by atoms with Gasteiger partial charge in [-0.2, -0.15) is 4.39 Å². The molecule has 1 rings (SSSR count). The summed E-state index contributed by atoms with van der Waals surface area (Å²) >= 11 is 0. The summed E-state index contributed by atoms with van der Waals surface area (Å²) < 4.78 is 17.3. The van der Waals surface area contributed by atoms with Gasteiger partial charge >= 0.3 is 5.97 Å². The molecule has 5 heteroatoms. The van der Waals surface area contributed by atoms with Crippen LogP contribution >= 0.6 is 0 Å². The summed E-state index contributed by atoms with van der Waals surface area (Å²) in [6.07, 6.45) is -0.124. The van der Waals surface area contributed by atoms with E-state index in [2.05, 4.69) is 9.72 Å². The van der Waals surface area contributed by atoms with Crippen LogP contribution in [0.4, 0.5) is 4.39 Å². The molecule has 1 N–H and O–H groups in total. The van der Waals surface area contributed by atoms with Gasteiger partial charge in [-0.3, -0.25) is 9.59 Å². The number of aromatic nitrogens is 1. The van der Waals surface area contributed by atoms with Gasteiger partial charge in [-0.25, -0.2) is 0 Å². The normalized spacial score (nSPS) is 9.86. The Bertz CT molecular complexity index is 386. The average molecular weight is 199 g/mol. The Morgan fingerprint density at radius 1 is 1.57 bits per heavy atom. The number of ether oxygens (including phenoxy) is 1. The van der Waals surface area contributed by atoms with Crippen LogP contribution in [0.5, 0.6) is 0 Å². The number of H-pyrrole nitrogens is 1. The summed E-state index contributed by atoms with van der Waals surface area (Å²) in [7, 11) is 0. The van der Waals surface area contributed by atoms with Crippen molar-refractivity contribution >= 4 is 5.97 Å². The van der Waals surface area contributed by atoms with Crippen LogP contribution in [-0.4, -0.2) is 17.6 Å². The molecule has 0 bridgehead atoms. The van der Waals surface area contributed by atoms with Crippen LogP contribution in [0.2, 0.25) is 0 Å². The van der Waals surface area contributed by atoms with Gasteiger partial charge in [-0.1, -0.05) is 0 Å². The summed E-state index contributed by atoms with van der Waals surface area (Å²) in [5.74, 6) is -1.24. The second kappa shape index (κ2) is 4.55. The molecule has 0 aliphatic rings. The maximum atomic E-state index is 12.7. The summed E-state index contributed by atoms with van der Waals surface area (Å²) in [5, 5.41) is 0. The fourth-order valence-electron chi connectivity index (χ4n) is 1.03. The molecule has 1 aromatic rings. The lowest BCUT2D eigenvalue weighted by Gasteiger charge is -2.01. The monoisotopic (exact) mass is 199 g/mol. The van der Waals surface area contributed by atoms with E-state index >= 15 is 0 Å². The zero-order valence-electron chi connectivity index (χ0n) is 7.67. The molecule has 1 heterocycles. The highest BCUT2D eigenvalue weighted by atomic mass is 19.1. The Balaban J connectivity index is 2.76. The fourth-order valence-corrected chi connectivity index (χ4v) is 1.03. The van der Waals surface area contributed by atoms with Gasteiger partial charge in [0.05, 0.1) is 13.0 Å². The number of carbonyl (C=O) groups is 1. The van der Waals surface area contributed by atoms with Gasteiger partial charge < -0.3 is 9.72 Å². The molecular formula is C9H10FNO3. The van der Waals surface area contributed by atoms with E-state index < -0.39 is 17.3 Å². The highest BCUT2D eigenvalue weighted by Gasteiger charge is 2.05. The third-order valence-electron chi connectivity index (χ3n) is 1.51. The largest absolute Gasteiger partial charge is 0.466 e. The minimum absolute atomic E-state index is 0.124. The van der Waals surface area contributed by atoms with Crippen LogP contribution in [0.25, 0.3) is 0 Å². The summed E-state index contributed by atoms with van der Waals surface area (Å²) in [6.45, 7) is 1.94. The molecule has 0 radical (unpaired) electrons. The van der Waals surface area contributed by atoms with Gasteiger partial charge in [0.15, 0.2) is 11.4 Å². The molecule has 0 saturated heterocycles. The van der Waals surface area contributed by atoms with Crippen LogP contribution in [0, 0.1) is 5.95 Å². The topological polar surface area (TPSA) is 59.2 Å². The molecule has 4 nitrogen and oxygen atoms in total. The lowest BCUT2D eigenvalue weighted by atomic mass is 10.3. The predicted molar refractivity (Wildman–Crippen MR) is 47.4 cm³/mol. The molecule has 0 aliphatic heterocycles. The smallest absolute Gasteiger partial charge is 0.311 e. The van der Waals surface area contributed by atoms with Gasteiger partial charge in [0.2, 0.25) is 0 Å².